The topological polar surface area (TPSA) is 61.6 Å². The van der Waals surface area contributed by atoms with Gasteiger partial charge in [0.2, 0.25) is 0 Å². The number of aromatic nitrogens is 1. The molecule has 0 aliphatic carbocycles. The first kappa shape index (κ1) is 25.4. The molecule has 0 N–H and O–H groups in total. The molecule has 2 atom stereocenters. The number of likely N-dealkylation sites (tertiary alicyclic amines) is 1. The van der Waals surface area contributed by atoms with Crippen molar-refractivity contribution in [1.29, 1.82) is 5.26 Å². The molecule has 9 heteroatoms. The predicted molar refractivity (Wildman–Crippen MR) is 126 cm³/mol. The molecule has 1 aromatic carbocycles. The number of hydrogen-bond donors (Lipinski definition) is 0. The highest BCUT2D eigenvalue weighted by Gasteiger charge is 2.50. The SMILES string of the molecule is COCCOC[C@@]12CN(Cc3ccc(C)cn3)CC[C@@H]1CN(c1ccc(C#N)c(C(F)(F)F)c1)C2. The van der Waals surface area contributed by atoms with Gasteiger partial charge in [0.1, 0.15) is 0 Å². The lowest BCUT2D eigenvalue weighted by molar-refractivity contribution is -0.137. The Balaban J connectivity index is 1.56. The smallest absolute Gasteiger partial charge is 0.382 e. The second-order valence-corrected chi connectivity index (χ2v) is 9.65. The second-order valence-electron chi connectivity index (χ2n) is 9.65. The van der Waals surface area contributed by atoms with Gasteiger partial charge in [-0.1, -0.05) is 6.07 Å². The molecular weight excluding hydrogens is 457 g/mol. The highest BCUT2D eigenvalue weighted by Crippen LogP contribution is 2.45. The van der Waals surface area contributed by atoms with E-state index in [9.17, 15) is 13.2 Å². The Labute approximate surface area is 204 Å². The molecule has 2 aliphatic heterocycles. The monoisotopic (exact) mass is 488 g/mol. The summed E-state index contributed by atoms with van der Waals surface area (Å²) in [6.45, 7) is 7.13. The van der Waals surface area contributed by atoms with E-state index in [-0.39, 0.29) is 16.9 Å². The third-order valence-electron chi connectivity index (χ3n) is 7.12. The Bertz CT molecular complexity index is 1050. The lowest BCUT2D eigenvalue weighted by atomic mass is 9.74. The summed E-state index contributed by atoms with van der Waals surface area (Å²) in [4.78, 5) is 8.94. The molecule has 0 bridgehead atoms. The molecule has 6 nitrogen and oxygen atoms in total. The summed E-state index contributed by atoms with van der Waals surface area (Å²) >= 11 is 0. The Morgan fingerprint density at radius 3 is 2.71 bits per heavy atom. The van der Waals surface area contributed by atoms with Crippen molar-refractivity contribution in [3.8, 4) is 6.07 Å². The minimum absolute atomic E-state index is 0.219. The Morgan fingerprint density at radius 1 is 1.20 bits per heavy atom. The minimum atomic E-state index is -4.58. The third-order valence-corrected chi connectivity index (χ3v) is 7.12. The van der Waals surface area contributed by atoms with Crippen LogP contribution in [0.4, 0.5) is 18.9 Å². The first-order valence-electron chi connectivity index (χ1n) is 11.8. The fourth-order valence-corrected chi connectivity index (χ4v) is 5.31. The quantitative estimate of drug-likeness (QED) is 0.517. The van der Waals surface area contributed by atoms with Crippen molar-refractivity contribution in [1.82, 2.24) is 9.88 Å². The third kappa shape index (κ3) is 5.77. The van der Waals surface area contributed by atoms with Crippen LogP contribution in [0.15, 0.2) is 36.5 Å². The maximum atomic E-state index is 13.6. The van der Waals surface area contributed by atoms with Gasteiger partial charge in [0.05, 0.1) is 42.7 Å². The van der Waals surface area contributed by atoms with E-state index in [0.717, 1.165) is 43.4 Å². The summed E-state index contributed by atoms with van der Waals surface area (Å²) < 4.78 is 51.9. The molecule has 35 heavy (non-hydrogen) atoms. The van der Waals surface area contributed by atoms with Crippen LogP contribution in [0.5, 0.6) is 0 Å². The van der Waals surface area contributed by atoms with Crippen molar-refractivity contribution in [3.05, 3.63) is 58.9 Å². The molecule has 3 heterocycles. The van der Waals surface area contributed by atoms with E-state index >= 15 is 0 Å². The van der Waals surface area contributed by atoms with E-state index in [4.69, 9.17) is 14.7 Å². The maximum absolute atomic E-state index is 13.6. The number of benzene rings is 1. The number of hydrogen-bond acceptors (Lipinski definition) is 6. The van der Waals surface area contributed by atoms with Gasteiger partial charge in [0, 0.05) is 50.6 Å². The van der Waals surface area contributed by atoms with Crippen LogP contribution in [-0.4, -0.2) is 63.0 Å². The number of fused-ring (bicyclic) bond motifs is 1. The van der Waals surface area contributed by atoms with E-state index in [1.165, 1.54) is 6.07 Å². The van der Waals surface area contributed by atoms with Crippen LogP contribution < -0.4 is 4.90 Å². The molecule has 1 aromatic heterocycles. The van der Waals surface area contributed by atoms with Gasteiger partial charge < -0.3 is 14.4 Å². The number of halogens is 3. The van der Waals surface area contributed by atoms with Crippen molar-refractivity contribution in [2.24, 2.45) is 11.3 Å². The van der Waals surface area contributed by atoms with Gasteiger partial charge in [-0.2, -0.15) is 18.4 Å². The molecule has 2 aliphatic rings. The lowest BCUT2D eigenvalue weighted by Gasteiger charge is -2.43. The molecule has 2 aromatic rings. The van der Waals surface area contributed by atoms with Crippen LogP contribution in [0.2, 0.25) is 0 Å². The van der Waals surface area contributed by atoms with Crippen molar-refractivity contribution in [2.45, 2.75) is 26.1 Å². The van der Waals surface area contributed by atoms with Gasteiger partial charge >= 0.3 is 6.18 Å². The van der Waals surface area contributed by atoms with Crippen LogP contribution in [0, 0.1) is 29.6 Å². The number of rotatable bonds is 8. The number of methoxy groups -OCH3 is 1. The van der Waals surface area contributed by atoms with Gasteiger partial charge in [-0.05, 0) is 55.6 Å². The first-order chi connectivity index (χ1) is 16.7. The Morgan fingerprint density at radius 2 is 2.03 bits per heavy atom. The van der Waals surface area contributed by atoms with Crippen molar-refractivity contribution in [2.75, 3.05) is 58.0 Å². The summed E-state index contributed by atoms with van der Waals surface area (Å²) in [6.07, 6.45) is -1.78. The molecule has 0 saturated carbocycles. The summed E-state index contributed by atoms with van der Waals surface area (Å²) in [5, 5.41) is 9.15. The van der Waals surface area contributed by atoms with Crippen LogP contribution in [0.1, 0.15) is 28.8 Å². The van der Waals surface area contributed by atoms with Crippen LogP contribution in [0.3, 0.4) is 0 Å². The fourth-order valence-electron chi connectivity index (χ4n) is 5.31. The lowest BCUT2D eigenvalue weighted by Crippen LogP contribution is -2.51. The molecular formula is C26H31F3N4O2. The molecule has 0 unspecified atom stereocenters. The standard InChI is InChI=1S/C26H31F3N4O2/c1-19-3-5-22(31-13-19)15-32-8-7-21-14-33(17-25(21,16-32)18-35-10-9-34-2)23-6-4-20(12-30)24(11-23)26(27,28)29/h3-6,11,13,21H,7-10,14-18H2,1-2H3/t21-,25+/m1/s1. The van der Waals surface area contributed by atoms with Crippen molar-refractivity contribution in [3.63, 3.8) is 0 Å². The maximum Gasteiger partial charge on any atom is 0.417 e. The van der Waals surface area contributed by atoms with Gasteiger partial charge in [0.15, 0.2) is 0 Å². The summed E-state index contributed by atoms with van der Waals surface area (Å²) in [7, 11) is 1.63. The van der Waals surface area contributed by atoms with Crippen molar-refractivity contribution < 1.29 is 22.6 Å². The summed E-state index contributed by atoms with van der Waals surface area (Å²) in [5.74, 6) is 0.289. The van der Waals surface area contributed by atoms with Crippen LogP contribution in [-0.2, 0) is 22.2 Å². The second kappa shape index (κ2) is 10.5. The van der Waals surface area contributed by atoms with E-state index in [0.29, 0.717) is 38.6 Å². The Hall–Kier alpha value is -2.67. The number of piperidine rings is 1. The Kier molecular flexibility index (Phi) is 7.64. The first-order valence-corrected chi connectivity index (χ1v) is 11.8. The average Bonchev–Trinajstić information content (AvgIpc) is 3.21. The number of pyridine rings is 1. The highest BCUT2D eigenvalue weighted by molar-refractivity contribution is 5.56. The van der Waals surface area contributed by atoms with E-state index in [1.54, 1.807) is 19.2 Å². The zero-order valence-electron chi connectivity index (χ0n) is 20.1. The fraction of sp³-hybridized carbons (Fsp3) is 0.538. The number of nitriles is 1. The normalized spacial score (nSPS) is 22.7. The highest BCUT2D eigenvalue weighted by atomic mass is 19.4. The van der Waals surface area contributed by atoms with E-state index in [2.05, 4.69) is 16.0 Å². The van der Waals surface area contributed by atoms with Gasteiger partial charge in [0.25, 0.3) is 0 Å². The number of ether oxygens (including phenoxy) is 2. The van der Waals surface area contributed by atoms with Crippen molar-refractivity contribution >= 4 is 5.69 Å². The summed E-state index contributed by atoms with van der Waals surface area (Å²) in [6, 6.07) is 9.78. The van der Waals surface area contributed by atoms with Crippen LogP contribution >= 0.6 is 0 Å². The van der Waals surface area contributed by atoms with Gasteiger partial charge in [-0.3, -0.25) is 9.88 Å². The number of aryl methyl sites for hydroxylation is 1. The van der Waals surface area contributed by atoms with Crippen LogP contribution in [0.25, 0.3) is 0 Å². The predicted octanol–water partition coefficient (Wildman–Crippen LogP) is 4.27. The molecule has 188 valence electrons. The van der Waals surface area contributed by atoms with Gasteiger partial charge in [-0.15, -0.1) is 0 Å². The molecule has 0 radical (unpaired) electrons. The number of nitrogens with zero attached hydrogens (tertiary/aromatic N) is 4. The largest absolute Gasteiger partial charge is 0.417 e. The zero-order valence-corrected chi connectivity index (χ0v) is 20.1. The van der Waals surface area contributed by atoms with E-state index < -0.39 is 11.7 Å². The zero-order chi connectivity index (χ0) is 25.1. The van der Waals surface area contributed by atoms with E-state index in [1.807, 2.05) is 24.1 Å². The molecule has 4 rings (SSSR count). The number of anilines is 1. The molecule has 0 spiro atoms. The minimum Gasteiger partial charge on any atom is -0.382 e. The molecule has 0 amide bonds. The summed E-state index contributed by atoms with van der Waals surface area (Å²) in [5.41, 5.74) is 1.15. The number of alkyl halides is 3. The van der Waals surface area contributed by atoms with Gasteiger partial charge in [-0.25, -0.2) is 0 Å². The molecule has 2 saturated heterocycles. The average molecular weight is 489 g/mol. The molecule has 2 fully saturated rings.